The number of amides is 7. The maximum atomic E-state index is 12.5. The third kappa shape index (κ3) is 44.1. The summed E-state index contributed by atoms with van der Waals surface area (Å²) in [4.78, 5) is 154. The van der Waals surface area contributed by atoms with Crippen molar-refractivity contribution in [1.29, 1.82) is 0 Å². The van der Waals surface area contributed by atoms with Gasteiger partial charge in [0.2, 0.25) is 0 Å². The molecule has 7 amide bonds. The van der Waals surface area contributed by atoms with Gasteiger partial charge in [0.15, 0.2) is 0 Å². The zero-order chi connectivity index (χ0) is 94.8. The predicted molar refractivity (Wildman–Crippen MR) is 449 cm³/mol. The third-order valence-electron chi connectivity index (χ3n) is 17.8. The second-order valence-corrected chi connectivity index (χ2v) is 33.2. The first kappa shape index (κ1) is 116. The largest absolute Gasteiger partial charge is 1.00 e. The van der Waals surface area contributed by atoms with E-state index >= 15 is 0 Å². The Morgan fingerprint density at radius 2 is 0.685 bits per heavy atom. The van der Waals surface area contributed by atoms with Crippen molar-refractivity contribution in [3.05, 3.63) is 206 Å². The van der Waals surface area contributed by atoms with Gasteiger partial charge < -0.3 is 89.5 Å². The smallest absolute Gasteiger partial charge is 0.870 e. The van der Waals surface area contributed by atoms with Crippen LogP contribution in [0, 0.1) is 0 Å². The number of likely N-dealkylation sites (tertiary alicyclic amines) is 5. The topological polar surface area (TPSA) is 622 Å². The number of hydrogen-bond donors (Lipinski definition) is 5. The molecular weight excluding hydrogens is 1760 g/mol. The number of β-amino-alcohol motifs (C(OH)–C–C–N with tert-alkyl or cyclic N) is 1. The molecular formula is C81H107LiN13NaO32S2. The maximum Gasteiger partial charge on any atom is 1.00 e. The number of carboxylic acid groups (broad SMARTS) is 1. The number of benzene rings is 5. The van der Waals surface area contributed by atoms with Crippen molar-refractivity contribution in [3.8, 4) is 0 Å². The molecule has 5 aromatic rings. The van der Waals surface area contributed by atoms with Crippen LogP contribution in [0.25, 0.3) is 26.4 Å². The van der Waals surface area contributed by atoms with Crippen molar-refractivity contribution >= 4 is 92.7 Å². The number of methoxy groups -OCH3 is 4. The minimum Gasteiger partial charge on any atom is -0.870 e. The van der Waals surface area contributed by atoms with Crippen LogP contribution in [0.2, 0.25) is 0 Å². The van der Waals surface area contributed by atoms with Gasteiger partial charge in [0, 0.05) is 50.2 Å². The van der Waals surface area contributed by atoms with Crippen LogP contribution in [-0.4, -0.2) is 279 Å². The Balaban J connectivity index is 0.000000792. The van der Waals surface area contributed by atoms with Crippen LogP contribution in [0.4, 0.5) is 33.6 Å². The molecule has 702 valence electrons. The van der Waals surface area contributed by atoms with E-state index in [1.807, 2.05) is 127 Å². The summed E-state index contributed by atoms with van der Waals surface area (Å²) < 4.78 is 108. The minimum atomic E-state index is -3.70. The minimum absolute atomic E-state index is 0. The fourth-order valence-electron chi connectivity index (χ4n) is 12.4. The van der Waals surface area contributed by atoms with Gasteiger partial charge in [0.05, 0.1) is 84.4 Å². The maximum absolute atomic E-state index is 12.5. The van der Waals surface area contributed by atoms with Gasteiger partial charge in [-0.25, -0.2) is 57.5 Å². The molecule has 5 fully saturated rings. The van der Waals surface area contributed by atoms with Crippen molar-refractivity contribution in [2.24, 2.45) is 5.11 Å². The van der Waals surface area contributed by atoms with Gasteiger partial charge in [-0.1, -0.05) is 157 Å². The number of ether oxygens (including phenoxy) is 11. The Kier molecular flexibility index (Phi) is 51.9. The number of aliphatic carboxylic acids is 1. The first-order chi connectivity index (χ1) is 59.8. The SMILES string of the molecule is CC(C)(C)OC(=O)N[C@@H]1C[C@@H](C(=O)O)N(C(=O)OCc2ccccc2)C1.COC(=O)[C@@H]1C[C@@H](N=[N+]=[N-])CN1C(=O)OCc1ccccc1.COC(=O)[C@@H]1C[C@@H](NC(=O)OC(C)(C)C)CN1C(=O)OCc1ccccc1.COC(=O)[C@@H]1C[C@@H](O)CN1C(=O)OCc1ccccc1.COC(=O)[C@@H]1C[C@H](OS(C)(=O)=O)CN1C(=O)OCc1ccccc1.CS(=O)(=O)O.[Li+].[N-]=[N+]=[N-].[Na+].[OH-]. The van der Waals surface area contributed by atoms with Crippen LogP contribution >= 0.6 is 0 Å². The summed E-state index contributed by atoms with van der Waals surface area (Å²) in [5.74, 6) is -3.44. The van der Waals surface area contributed by atoms with Gasteiger partial charge in [-0.15, -0.1) is 0 Å². The molecule has 5 saturated heterocycles. The van der Waals surface area contributed by atoms with E-state index in [9.17, 15) is 84.6 Å². The van der Waals surface area contributed by atoms with Gasteiger partial charge >= 0.3 is 121 Å². The normalized spacial score (nSPS) is 19.0. The van der Waals surface area contributed by atoms with E-state index in [1.165, 1.54) is 48.1 Å². The molecule has 5 aliphatic heterocycles. The Morgan fingerprint density at radius 3 is 0.962 bits per heavy atom. The molecule has 10 atom stereocenters. The molecule has 0 spiro atoms. The van der Waals surface area contributed by atoms with Crippen LogP contribution in [0.5, 0.6) is 0 Å². The van der Waals surface area contributed by atoms with E-state index in [4.69, 9.17) is 63.2 Å². The monoisotopic (exact) mass is 1870 g/mol. The third-order valence-corrected chi connectivity index (χ3v) is 18.4. The Bertz CT molecular complexity index is 4750. The summed E-state index contributed by atoms with van der Waals surface area (Å²) in [5.41, 5.74) is 24.8. The van der Waals surface area contributed by atoms with E-state index < -0.39 is 164 Å². The van der Waals surface area contributed by atoms with E-state index in [0.29, 0.717) is 6.26 Å². The molecule has 6 N–H and O–H groups in total. The summed E-state index contributed by atoms with van der Waals surface area (Å²) in [6, 6.07) is 40.0. The molecule has 130 heavy (non-hydrogen) atoms. The van der Waals surface area contributed by atoms with Gasteiger partial charge in [-0.3, -0.25) is 38.1 Å². The van der Waals surface area contributed by atoms with Crippen LogP contribution in [0.3, 0.4) is 0 Å². The number of rotatable bonds is 20. The number of aliphatic hydroxyl groups excluding tert-OH is 1. The average Bonchev–Trinajstić information content (AvgIpc) is 1.80. The van der Waals surface area contributed by atoms with E-state index in [2.05, 4.69) is 34.9 Å². The van der Waals surface area contributed by atoms with E-state index in [-0.39, 0.29) is 152 Å². The number of azide groups is 1. The summed E-state index contributed by atoms with van der Waals surface area (Å²) in [6.07, 6.45) is -3.75. The summed E-state index contributed by atoms with van der Waals surface area (Å²) in [5, 5.41) is 27.8. The number of carbonyl (C=O) groups is 12. The number of carboxylic acids is 1. The van der Waals surface area contributed by atoms with Crippen LogP contribution < -0.4 is 59.1 Å². The second kappa shape index (κ2) is 58.1. The van der Waals surface area contributed by atoms with Crippen LogP contribution in [0.1, 0.15) is 101 Å². The molecule has 49 heteroatoms. The number of hydrogen-bond acceptors (Lipinski definition) is 31. The van der Waals surface area contributed by atoms with Crippen LogP contribution in [0.15, 0.2) is 157 Å². The zero-order valence-corrected chi connectivity index (χ0v) is 77.9. The molecule has 0 aliphatic carbocycles. The average molecular weight is 1870 g/mol. The Labute approximate surface area is 785 Å². The van der Waals surface area contributed by atoms with Gasteiger partial charge in [-0.05, 0) is 81.3 Å². The molecule has 0 unspecified atom stereocenters. The predicted octanol–water partition coefficient (Wildman–Crippen LogP) is 3.14. The number of alkyl carbamates (subject to hydrolysis) is 2. The van der Waals surface area contributed by atoms with Crippen molar-refractivity contribution in [1.82, 2.24) is 35.1 Å². The number of nitrogens with one attached hydrogen (secondary N) is 2. The first-order valence-corrected chi connectivity index (χ1v) is 42.4. The number of esters is 4. The van der Waals surface area contributed by atoms with E-state index in [0.717, 1.165) is 43.9 Å². The van der Waals surface area contributed by atoms with Crippen molar-refractivity contribution in [3.63, 3.8) is 0 Å². The summed E-state index contributed by atoms with van der Waals surface area (Å²) >= 11 is 0. The van der Waals surface area contributed by atoms with Gasteiger partial charge in [-0.2, -0.15) is 16.8 Å². The fourth-order valence-corrected chi connectivity index (χ4v) is 13.1. The van der Waals surface area contributed by atoms with E-state index in [1.54, 1.807) is 65.8 Å². The number of nitrogens with zero attached hydrogens (tertiary/aromatic N) is 11. The molecule has 5 aromatic carbocycles. The molecule has 45 nitrogen and oxygen atoms in total. The summed E-state index contributed by atoms with van der Waals surface area (Å²) in [7, 11) is -2.42. The summed E-state index contributed by atoms with van der Waals surface area (Å²) in [6.45, 7) is 11.2. The second-order valence-electron chi connectivity index (χ2n) is 30.1. The first-order valence-electron chi connectivity index (χ1n) is 38.7. The molecule has 5 aliphatic rings. The number of aliphatic hydroxyl groups is 1. The fraction of sp³-hybridized carbons (Fsp3) is 0.481. The molecule has 0 bridgehead atoms. The Morgan fingerprint density at radius 1 is 0.431 bits per heavy atom. The number of carbonyl (C=O) groups excluding carboxylic acids is 11. The molecule has 5 heterocycles. The molecule has 0 radical (unpaired) electrons. The quantitative estimate of drug-likeness (QED) is 0.0109. The molecule has 0 aromatic heterocycles. The van der Waals surface area contributed by atoms with Gasteiger partial charge in [0.1, 0.15) is 74.4 Å². The Hall–Kier alpha value is -11.7. The van der Waals surface area contributed by atoms with Crippen molar-refractivity contribution in [2.45, 2.75) is 178 Å². The molecule has 10 rings (SSSR count). The van der Waals surface area contributed by atoms with Crippen molar-refractivity contribution in [2.75, 3.05) is 73.7 Å². The van der Waals surface area contributed by atoms with Crippen LogP contribution in [-0.2, 0) is 134 Å². The standard InChI is InChI=1S/C19H26N2O6.C18H24N2O6.C15H19NO7S.C14H16N4O4.C14H17NO5.CH4O3S.Li.N3.Na.H2O/c1-19(2,3)27-17(23)20-14-10-15(16(22)25-4)21(11-14)18(24)26-12-13-8-6-5-7-9-13;1-18(2,3)26-16(23)19-13-9-14(15(21)22)20(10-13)17(24)25-11-12-7-5-4-6-8-12;1-21-14(17)13-8-12(23-24(2,19)20)9-16(13)15(18)22-10-11-6-4-3-5-7-11;1-21-13(19)12-7-11(16-17-15)8-18(12)14(20)22-9-10-5-3-2-4-6-10;1-19-13(17)12-7-11(16)8-15(12)14(18)20-9-10-5-3-2-4-6-10;1-5(2,3)4;;1-3-2;;/h5-9,14-15H,10-12H2,1-4H3,(H,20,23);4-8,13-14H,9-11H2,1-3H3,(H,19,23)(H,21,22);3-7,12-13H,8-10H2,1-2H3;2-6,11-12H,7-9H2,1H3;2-6,11-12,16H,7-9H2,1H3;1H3,(H,2,3,4);;;;1H2/q;;;;;;+1;-1;+1;/p-1/t14-,15+;13-,14+;12-,13-;2*11-,12+;;;;;/m11011...../s1. The molecule has 0 saturated carbocycles. The van der Waals surface area contributed by atoms with Crippen molar-refractivity contribution < 1.29 is 199 Å². The van der Waals surface area contributed by atoms with Gasteiger partial charge in [0.25, 0.3) is 20.2 Å². The zero-order valence-electron chi connectivity index (χ0n) is 74.3.